The second-order valence-corrected chi connectivity index (χ2v) is 3.82. The van der Waals surface area contributed by atoms with Gasteiger partial charge in [0, 0.05) is 6.42 Å². The van der Waals surface area contributed by atoms with E-state index in [1.54, 1.807) is 0 Å². The van der Waals surface area contributed by atoms with Crippen molar-refractivity contribution in [3.05, 3.63) is 29.8 Å². The van der Waals surface area contributed by atoms with Gasteiger partial charge in [0.05, 0.1) is 11.7 Å². The standard InChI is InChI=1S/C11H15N3/c1-8-3-5-10(6-4-8)14-9(2)7-11(12)13-14/h3-6,9H,7H2,1-2H3,(H2,12,13). The summed E-state index contributed by atoms with van der Waals surface area (Å²) >= 11 is 0. The fourth-order valence-electron chi connectivity index (χ4n) is 1.68. The third-order valence-corrected chi connectivity index (χ3v) is 2.46. The average Bonchev–Trinajstić information content (AvgIpc) is 2.47. The van der Waals surface area contributed by atoms with E-state index in [1.165, 1.54) is 5.56 Å². The van der Waals surface area contributed by atoms with Gasteiger partial charge in [-0.1, -0.05) is 17.7 Å². The molecule has 1 aromatic rings. The van der Waals surface area contributed by atoms with Crippen LogP contribution in [0.3, 0.4) is 0 Å². The minimum Gasteiger partial charge on any atom is -0.386 e. The molecule has 0 aliphatic carbocycles. The highest BCUT2D eigenvalue weighted by molar-refractivity contribution is 5.84. The largest absolute Gasteiger partial charge is 0.386 e. The Labute approximate surface area is 84.2 Å². The third-order valence-electron chi connectivity index (χ3n) is 2.46. The molecule has 0 spiro atoms. The van der Waals surface area contributed by atoms with Gasteiger partial charge < -0.3 is 5.73 Å². The Morgan fingerprint density at radius 2 is 2.00 bits per heavy atom. The van der Waals surface area contributed by atoms with Crippen molar-refractivity contribution in [1.82, 2.24) is 0 Å². The Hall–Kier alpha value is -1.51. The van der Waals surface area contributed by atoms with Crippen molar-refractivity contribution in [1.29, 1.82) is 0 Å². The SMILES string of the molecule is Cc1ccc(N2N=C(N)CC2C)cc1. The van der Waals surface area contributed by atoms with Crippen LogP contribution in [0.25, 0.3) is 0 Å². The zero-order valence-electron chi connectivity index (χ0n) is 8.57. The molecule has 0 radical (unpaired) electrons. The fraction of sp³-hybridized carbons (Fsp3) is 0.364. The van der Waals surface area contributed by atoms with Gasteiger partial charge >= 0.3 is 0 Å². The first-order chi connectivity index (χ1) is 6.66. The molecule has 1 heterocycles. The number of hydrogen-bond acceptors (Lipinski definition) is 3. The molecule has 3 nitrogen and oxygen atoms in total. The number of hydrazone groups is 1. The van der Waals surface area contributed by atoms with Gasteiger partial charge in [-0.15, -0.1) is 0 Å². The van der Waals surface area contributed by atoms with E-state index in [0.29, 0.717) is 6.04 Å². The molecule has 0 amide bonds. The zero-order valence-corrected chi connectivity index (χ0v) is 8.57. The van der Waals surface area contributed by atoms with Gasteiger partial charge in [-0.25, -0.2) is 0 Å². The van der Waals surface area contributed by atoms with Crippen LogP contribution < -0.4 is 10.7 Å². The van der Waals surface area contributed by atoms with Gasteiger partial charge in [-0.05, 0) is 26.0 Å². The van der Waals surface area contributed by atoms with E-state index in [2.05, 4.69) is 43.2 Å². The summed E-state index contributed by atoms with van der Waals surface area (Å²) in [6.45, 7) is 4.21. The van der Waals surface area contributed by atoms with E-state index in [4.69, 9.17) is 5.73 Å². The quantitative estimate of drug-likeness (QED) is 0.732. The van der Waals surface area contributed by atoms with Gasteiger partial charge in [-0.3, -0.25) is 5.01 Å². The van der Waals surface area contributed by atoms with Crippen molar-refractivity contribution in [2.24, 2.45) is 10.8 Å². The molecule has 1 atom stereocenters. The summed E-state index contributed by atoms with van der Waals surface area (Å²) in [5, 5.41) is 6.28. The smallest absolute Gasteiger partial charge is 0.122 e. The number of rotatable bonds is 1. The molecule has 1 unspecified atom stereocenters. The first kappa shape index (κ1) is 9.06. The Bertz CT molecular complexity index is 353. The number of anilines is 1. The van der Waals surface area contributed by atoms with E-state index in [1.807, 2.05) is 5.01 Å². The Morgan fingerprint density at radius 1 is 1.36 bits per heavy atom. The van der Waals surface area contributed by atoms with E-state index >= 15 is 0 Å². The molecule has 0 saturated carbocycles. The highest BCUT2D eigenvalue weighted by atomic mass is 15.5. The Balaban J connectivity index is 2.27. The van der Waals surface area contributed by atoms with E-state index in [0.717, 1.165) is 17.9 Å². The maximum Gasteiger partial charge on any atom is 0.122 e. The number of hydrogen-bond donors (Lipinski definition) is 1. The molecule has 1 aromatic carbocycles. The van der Waals surface area contributed by atoms with Crippen LogP contribution in [0.4, 0.5) is 5.69 Å². The molecule has 0 aromatic heterocycles. The summed E-state index contributed by atoms with van der Waals surface area (Å²) in [7, 11) is 0. The third kappa shape index (κ3) is 1.58. The summed E-state index contributed by atoms with van der Waals surface area (Å²) in [6.07, 6.45) is 0.855. The molecule has 74 valence electrons. The summed E-state index contributed by atoms with van der Waals surface area (Å²) < 4.78 is 0. The van der Waals surface area contributed by atoms with Gasteiger partial charge in [0.15, 0.2) is 0 Å². The predicted molar refractivity (Wildman–Crippen MR) is 59.4 cm³/mol. The van der Waals surface area contributed by atoms with Crippen LogP contribution in [0.2, 0.25) is 0 Å². The van der Waals surface area contributed by atoms with Crippen LogP contribution in [0.5, 0.6) is 0 Å². The first-order valence-corrected chi connectivity index (χ1v) is 4.85. The molecule has 2 N–H and O–H groups in total. The minimum absolute atomic E-state index is 0.373. The van der Waals surface area contributed by atoms with Crippen LogP contribution in [0.1, 0.15) is 18.9 Å². The highest BCUT2D eigenvalue weighted by Gasteiger charge is 2.21. The summed E-state index contributed by atoms with van der Waals surface area (Å²) in [5.41, 5.74) is 8.07. The molecule has 0 saturated heterocycles. The van der Waals surface area contributed by atoms with Gasteiger partial charge in [0.1, 0.15) is 5.84 Å². The van der Waals surface area contributed by atoms with E-state index in [9.17, 15) is 0 Å². The van der Waals surface area contributed by atoms with Crippen LogP contribution in [-0.2, 0) is 0 Å². The molecule has 0 bridgehead atoms. The van der Waals surface area contributed by atoms with Gasteiger partial charge in [-0.2, -0.15) is 5.10 Å². The number of nitrogens with zero attached hydrogens (tertiary/aromatic N) is 2. The number of nitrogens with two attached hydrogens (primary N) is 1. The Kier molecular flexibility index (Phi) is 2.15. The number of aryl methyl sites for hydroxylation is 1. The fourth-order valence-corrected chi connectivity index (χ4v) is 1.68. The molecular formula is C11H15N3. The van der Waals surface area contributed by atoms with Crippen LogP contribution in [0.15, 0.2) is 29.4 Å². The molecule has 1 aliphatic rings. The second-order valence-electron chi connectivity index (χ2n) is 3.82. The lowest BCUT2D eigenvalue weighted by molar-refractivity contribution is 0.723. The lowest BCUT2D eigenvalue weighted by atomic mass is 10.2. The molecule has 2 rings (SSSR count). The van der Waals surface area contributed by atoms with Crippen molar-refractivity contribution >= 4 is 11.5 Å². The van der Waals surface area contributed by atoms with Gasteiger partial charge in [0.25, 0.3) is 0 Å². The molecule has 1 aliphatic heterocycles. The van der Waals surface area contributed by atoms with Crippen molar-refractivity contribution in [2.75, 3.05) is 5.01 Å². The minimum atomic E-state index is 0.373. The van der Waals surface area contributed by atoms with E-state index < -0.39 is 0 Å². The topological polar surface area (TPSA) is 41.6 Å². The second kappa shape index (κ2) is 3.33. The van der Waals surface area contributed by atoms with Crippen molar-refractivity contribution in [3.8, 4) is 0 Å². The van der Waals surface area contributed by atoms with Crippen LogP contribution in [-0.4, -0.2) is 11.9 Å². The number of benzene rings is 1. The van der Waals surface area contributed by atoms with E-state index in [-0.39, 0.29) is 0 Å². The molecule has 3 heteroatoms. The monoisotopic (exact) mass is 189 g/mol. The van der Waals surface area contributed by atoms with Crippen molar-refractivity contribution in [2.45, 2.75) is 26.3 Å². The molecular weight excluding hydrogens is 174 g/mol. The first-order valence-electron chi connectivity index (χ1n) is 4.85. The highest BCUT2D eigenvalue weighted by Crippen LogP contribution is 2.23. The zero-order chi connectivity index (χ0) is 10.1. The maximum absolute atomic E-state index is 5.69. The maximum atomic E-state index is 5.69. The summed E-state index contributed by atoms with van der Waals surface area (Å²) in [4.78, 5) is 0. The van der Waals surface area contributed by atoms with Crippen molar-refractivity contribution in [3.63, 3.8) is 0 Å². The predicted octanol–water partition coefficient (Wildman–Crippen LogP) is 1.87. The molecule has 14 heavy (non-hydrogen) atoms. The summed E-state index contributed by atoms with van der Waals surface area (Å²) in [5.74, 6) is 0.720. The molecule has 0 fully saturated rings. The van der Waals surface area contributed by atoms with Crippen LogP contribution >= 0.6 is 0 Å². The normalized spacial score (nSPS) is 21.1. The lowest BCUT2D eigenvalue weighted by Gasteiger charge is -2.19. The van der Waals surface area contributed by atoms with Gasteiger partial charge in [0.2, 0.25) is 0 Å². The van der Waals surface area contributed by atoms with Crippen LogP contribution in [0, 0.1) is 6.92 Å². The number of amidine groups is 1. The summed E-state index contributed by atoms with van der Waals surface area (Å²) in [6, 6.07) is 8.71. The lowest BCUT2D eigenvalue weighted by Crippen LogP contribution is -2.22. The van der Waals surface area contributed by atoms with Crippen molar-refractivity contribution < 1.29 is 0 Å². The Morgan fingerprint density at radius 3 is 2.50 bits per heavy atom. The average molecular weight is 189 g/mol.